The Morgan fingerprint density at radius 3 is 2.44 bits per heavy atom. The van der Waals surface area contributed by atoms with Gasteiger partial charge >= 0.3 is 6.03 Å². The van der Waals surface area contributed by atoms with Gasteiger partial charge in [0.05, 0.1) is 12.1 Å². The fourth-order valence-corrected chi connectivity index (χ4v) is 3.20. The molecule has 0 saturated carbocycles. The van der Waals surface area contributed by atoms with E-state index >= 15 is 0 Å². The number of carbonyl (C=O) groups excluding carboxylic acids is 2. The summed E-state index contributed by atoms with van der Waals surface area (Å²) in [7, 11) is 0. The molecule has 1 heterocycles. The van der Waals surface area contributed by atoms with E-state index in [1.54, 1.807) is 53.9 Å². The van der Waals surface area contributed by atoms with E-state index in [1.807, 2.05) is 0 Å². The number of amides is 3. The highest BCUT2D eigenvalue weighted by Gasteiger charge is 2.10. The van der Waals surface area contributed by atoms with Crippen molar-refractivity contribution < 1.29 is 9.59 Å². The van der Waals surface area contributed by atoms with E-state index in [-0.39, 0.29) is 12.3 Å². The van der Waals surface area contributed by atoms with Crippen LogP contribution in [-0.2, 0) is 11.2 Å². The summed E-state index contributed by atoms with van der Waals surface area (Å²) >= 11 is 12.9. The van der Waals surface area contributed by atoms with Crippen molar-refractivity contribution in [1.29, 1.82) is 0 Å². The highest BCUT2D eigenvalue weighted by Crippen LogP contribution is 2.19. The van der Waals surface area contributed by atoms with Crippen LogP contribution >= 0.6 is 34.5 Å². The highest BCUT2D eigenvalue weighted by atomic mass is 35.5. The van der Waals surface area contributed by atoms with Crippen LogP contribution in [0.4, 0.5) is 21.3 Å². The van der Waals surface area contributed by atoms with Crippen LogP contribution in [0.1, 0.15) is 5.69 Å². The van der Waals surface area contributed by atoms with Gasteiger partial charge in [0, 0.05) is 26.8 Å². The van der Waals surface area contributed by atoms with Crippen molar-refractivity contribution in [2.75, 3.05) is 16.0 Å². The summed E-state index contributed by atoms with van der Waals surface area (Å²) in [6.45, 7) is 0. The first-order valence-corrected chi connectivity index (χ1v) is 9.45. The van der Waals surface area contributed by atoms with E-state index in [0.29, 0.717) is 32.2 Å². The molecule has 0 atom stereocenters. The maximum atomic E-state index is 12.1. The van der Waals surface area contributed by atoms with Crippen LogP contribution in [0.3, 0.4) is 0 Å². The molecule has 0 fully saturated rings. The number of hydrogen-bond donors (Lipinski definition) is 3. The highest BCUT2D eigenvalue weighted by molar-refractivity contribution is 7.14. The van der Waals surface area contributed by atoms with Gasteiger partial charge in [-0.3, -0.25) is 10.1 Å². The Kier molecular flexibility index (Phi) is 6.28. The molecule has 3 aromatic rings. The van der Waals surface area contributed by atoms with Crippen molar-refractivity contribution in [1.82, 2.24) is 4.98 Å². The molecule has 0 aliphatic rings. The predicted octanol–water partition coefficient (Wildman–Crippen LogP) is 5.28. The molecule has 0 bridgehead atoms. The molecule has 0 radical (unpaired) electrons. The Balaban J connectivity index is 1.52. The first kappa shape index (κ1) is 19.2. The number of hydrogen-bond acceptors (Lipinski definition) is 4. The Bertz CT molecular complexity index is 960. The lowest BCUT2D eigenvalue weighted by Gasteiger charge is -2.05. The van der Waals surface area contributed by atoms with Gasteiger partial charge in [0.15, 0.2) is 5.13 Å². The van der Waals surface area contributed by atoms with Gasteiger partial charge in [0.25, 0.3) is 0 Å². The molecule has 138 valence electrons. The largest absolute Gasteiger partial charge is 0.326 e. The molecule has 0 unspecified atom stereocenters. The average molecular weight is 421 g/mol. The number of rotatable bonds is 5. The summed E-state index contributed by atoms with van der Waals surface area (Å²) in [5.74, 6) is -0.211. The number of benzene rings is 2. The molecular formula is C18H14Cl2N4O2S. The van der Waals surface area contributed by atoms with Gasteiger partial charge in [-0.1, -0.05) is 29.3 Å². The van der Waals surface area contributed by atoms with E-state index in [4.69, 9.17) is 23.2 Å². The topological polar surface area (TPSA) is 83.1 Å². The van der Waals surface area contributed by atoms with E-state index in [0.717, 1.165) is 0 Å². The SMILES string of the molecule is O=C(Cc1csc(NC(=O)Nc2cccc(Cl)c2)n1)Nc1ccc(Cl)cc1. The summed E-state index contributed by atoms with van der Waals surface area (Å²) in [6.07, 6.45) is 0.0940. The van der Waals surface area contributed by atoms with Gasteiger partial charge in [0.2, 0.25) is 5.91 Å². The number of nitrogens with one attached hydrogen (secondary N) is 3. The second kappa shape index (κ2) is 8.85. The molecule has 3 N–H and O–H groups in total. The smallest absolute Gasteiger partial charge is 0.325 e. The molecule has 27 heavy (non-hydrogen) atoms. The van der Waals surface area contributed by atoms with Gasteiger partial charge in [-0.05, 0) is 42.5 Å². The Morgan fingerprint density at radius 1 is 0.926 bits per heavy atom. The van der Waals surface area contributed by atoms with Crippen molar-refractivity contribution in [3.8, 4) is 0 Å². The van der Waals surface area contributed by atoms with E-state index in [9.17, 15) is 9.59 Å². The number of anilines is 3. The van der Waals surface area contributed by atoms with Gasteiger partial charge in [-0.2, -0.15) is 0 Å². The Morgan fingerprint density at radius 2 is 1.70 bits per heavy atom. The lowest BCUT2D eigenvalue weighted by atomic mass is 10.3. The number of halogens is 2. The second-order valence-corrected chi connectivity index (χ2v) is 7.20. The molecule has 9 heteroatoms. The molecule has 0 saturated heterocycles. The van der Waals surface area contributed by atoms with Crippen LogP contribution < -0.4 is 16.0 Å². The normalized spacial score (nSPS) is 10.3. The Labute approximate surface area is 169 Å². The first-order valence-electron chi connectivity index (χ1n) is 7.81. The summed E-state index contributed by atoms with van der Waals surface area (Å²) in [6, 6.07) is 13.2. The van der Waals surface area contributed by atoms with Crippen LogP contribution in [0.2, 0.25) is 10.0 Å². The number of nitrogens with zero attached hydrogens (tertiary/aromatic N) is 1. The molecule has 3 rings (SSSR count). The quantitative estimate of drug-likeness (QED) is 0.525. The van der Waals surface area contributed by atoms with Crippen LogP contribution in [0, 0.1) is 0 Å². The molecule has 1 aromatic heterocycles. The fourth-order valence-electron chi connectivity index (χ4n) is 2.17. The van der Waals surface area contributed by atoms with Gasteiger partial charge in [-0.25, -0.2) is 9.78 Å². The summed E-state index contributed by atoms with van der Waals surface area (Å²) in [4.78, 5) is 28.3. The molecule has 2 aromatic carbocycles. The zero-order valence-electron chi connectivity index (χ0n) is 13.8. The lowest BCUT2D eigenvalue weighted by molar-refractivity contribution is -0.115. The fraction of sp³-hybridized carbons (Fsp3) is 0.0556. The molecule has 0 aliphatic heterocycles. The number of carbonyl (C=O) groups is 2. The maximum absolute atomic E-state index is 12.1. The third-order valence-corrected chi connectivity index (χ3v) is 4.62. The van der Waals surface area contributed by atoms with Crippen molar-refractivity contribution in [3.63, 3.8) is 0 Å². The summed E-state index contributed by atoms with van der Waals surface area (Å²) in [5.41, 5.74) is 1.78. The maximum Gasteiger partial charge on any atom is 0.325 e. The third-order valence-electron chi connectivity index (χ3n) is 3.32. The number of aromatic nitrogens is 1. The molecule has 0 aliphatic carbocycles. The minimum atomic E-state index is -0.441. The summed E-state index contributed by atoms with van der Waals surface area (Å²) < 4.78 is 0. The molecule has 0 spiro atoms. The van der Waals surface area contributed by atoms with Crippen molar-refractivity contribution in [2.45, 2.75) is 6.42 Å². The van der Waals surface area contributed by atoms with E-state index in [2.05, 4.69) is 20.9 Å². The second-order valence-electron chi connectivity index (χ2n) is 5.47. The lowest BCUT2D eigenvalue weighted by Crippen LogP contribution is -2.19. The third kappa shape index (κ3) is 5.96. The molecular weight excluding hydrogens is 407 g/mol. The Hall–Kier alpha value is -2.61. The summed E-state index contributed by atoms with van der Waals surface area (Å²) in [5, 5.41) is 11.3. The zero-order valence-corrected chi connectivity index (χ0v) is 16.2. The van der Waals surface area contributed by atoms with Crippen LogP contribution in [-0.4, -0.2) is 16.9 Å². The minimum absolute atomic E-state index is 0.0940. The molecule has 3 amide bonds. The van der Waals surface area contributed by atoms with Crippen molar-refractivity contribution >= 4 is 63.0 Å². The minimum Gasteiger partial charge on any atom is -0.326 e. The monoisotopic (exact) mass is 420 g/mol. The zero-order chi connectivity index (χ0) is 19.2. The van der Waals surface area contributed by atoms with Crippen LogP contribution in [0.15, 0.2) is 53.9 Å². The van der Waals surface area contributed by atoms with Crippen LogP contribution in [0.25, 0.3) is 0 Å². The molecule has 6 nitrogen and oxygen atoms in total. The van der Waals surface area contributed by atoms with E-state index in [1.165, 1.54) is 11.3 Å². The number of urea groups is 1. The first-order chi connectivity index (χ1) is 13.0. The van der Waals surface area contributed by atoms with Crippen molar-refractivity contribution in [2.24, 2.45) is 0 Å². The standard InChI is InChI=1S/C18H14Cl2N4O2S/c19-11-4-6-13(7-5-11)21-16(25)9-15-10-27-18(23-15)24-17(26)22-14-3-1-2-12(20)8-14/h1-8,10H,9H2,(H,21,25)(H2,22,23,24,26). The van der Waals surface area contributed by atoms with E-state index < -0.39 is 6.03 Å². The van der Waals surface area contributed by atoms with Gasteiger partial charge in [0.1, 0.15) is 0 Å². The number of thiazole rings is 1. The predicted molar refractivity (Wildman–Crippen MR) is 110 cm³/mol. The van der Waals surface area contributed by atoms with Crippen LogP contribution in [0.5, 0.6) is 0 Å². The van der Waals surface area contributed by atoms with Gasteiger partial charge in [-0.15, -0.1) is 11.3 Å². The van der Waals surface area contributed by atoms with Gasteiger partial charge < -0.3 is 10.6 Å². The average Bonchev–Trinajstić information content (AvgIpc) is 3.03. The van der Waals surface area contributed by atoms with Crippen molar-refractivity contribution in [3.05, 3.63) is 69.7 Å².